The van der Waals surface area contributed by atoms with Crippen LogP contribution < -0.4 is 30.1 Å². The quantitative estimate of drug-likeness (QED) is 0.159. The van der Waals surface area contributed by atoms with Crippen LogP contribution in [-0.2, 0) is 29.1 Å². The number of sulfonamides is 1. The van der Waals surface area contributed by atoms with Gasteiger partial charge in [-0.1, -0.05) is 31.9 Å². The van der Waals surface area contributed by atoms with Crippen molar-refractivity contribution >= 4 is 61.2 Å². The first-order valence-corrected chi connectivity index (χ1v) is 24.0. The highest BCUT2D eigenvalue weighted by molar-refractivity contribution is 7.90. The summed E-state index contributed by atoms with van der Waals surface area (Å²) in [7, 11) is -2.38. The van der Waals surface area contributed by atoms with Crippen molar-refractivity contribution < 1.29 is 41.8 Å². The molecule has 2 saturated carbocycles. The van der Waals surface area contributed by atoms with Crippen molar-refractivity contribution in [3.8, 4) is 22.9 Å². The number of nitrogens with one attached hydrogen (secondary N) is 4. The zero-order chi connectivity index (χ0) is 43.3. The van der Waals surface area contributed by atoms with E-state index in [1.165, 1.54) is 16.2 Å². The minimum atomic E-state index is -3.95. The molecule has 4 amide bonds. The van der Waals surface area contributed by atoms with E-state index in [0.717, 1.165) is 43.7 Å². The summed E-state index contributed by atoms with van der Waals surface area (Å²) in [6, 6.07) is 5.28. The molecule has 4 N–H and O–H groups in total. The number of aromatic nitrogens is 2. The Balaban J connectivity index is 1.22. The molecule has 7 rings (SSSR count). The summed E-state index contributed by atoms with van der Waals surface area (Å²) in [5, 5.41) is 12.4. The third kappa shape index (κ3) is 10.6. The molecule has 3 aromatic rings. The van der Waals surface area contributed by atoms with Gasteiger partial charge in [0.05, 0.1) is 30.6 Å². The van der Waals surface area contributed by atoms with E-state index in [9.17, 15) is 27.6 Å². The second-order valence-corrected chi connectivity index (χ2v) is 19.5. The van der Waals surface area contributed by atoms with Crippen LogP contribution >= 0.6 is 11.3 Å². The zero-order valence-corrected chi connectivity index (χ0v) is 36.9. The average Bonchev–Trinajstić information content (AvgIpc) is 3.64. The molecule has 330 valence electrons. The lowest BCUT2D eigenvalue weighted by molar-refractivity contribution is -0.141. The van der Waals surface area contributed by atoms with E-state index in [2.05, 4.69) is 20.7 Å². The number of pyridine rings is 1. The Morgan fingerprint density at radius 1 is 1.03 bits per heavy atom. The van der Waals surface area contributed by atoms with Crippen molar-refractivity contribution in [2.45, 2.75) is 134 Å². The van der Waals surface area contributed by atoms with E-state index in [4.69, 9.17) is 24.2 Å². The van der Waals surface area contributed by atoms with Gasteiger partial charge in [0.1, 0.15) is 47.0 Å². The topological polar surface area (TPSA) is 207 Å². The Bertz CT molecular complexity index is 2240. The molecule has 2 aliphatic carbocycles. The predicted molar refractivity (Wildman–Crippen MR) is 232 cm³/mol. The van der Waals surface area contributed by atoms with E-state index in [1.807, 2.05) is 37.4 Å². The van der Waals surface area contributed by atoms with Crippen LogP contribution in [0.3, 0.4) is 0 Å². The average molecular weight is 880 g/mol. The molecule has 0 unspecified atom stereocenters. The number of fused-ring (bicyclic) bond motifs is 3. The molecule has 0 radical (unpaired) electrons. The number of nitrogens with zero attached hydrogens (tertiary/aromatic N) is 3. The first-order valence-electron chi connectivity index (χ1n) is 21.5. The number of hydrogen-bond donors (Lipinski definition) is 4. The van der Waals surface area contributed by atoms with E-state index in [-0.39, 0.29) is 37.3 Å². The van der Waals surface area contributed by atoms with E-state index in [0.29, 0.717) is 59.5 Å². The second kappa shape index (κ2) is 19.0. The van der Waals surface area contributed by atoms with Gasteiger partial charge < -0.3 is 35.1 Å². The van der Waals surface area contributed by atoms with Crippen molar-refractivity contribution in [3.63, 3.8) is 0 Å². The van der Waals surface area contributed by atoms with Gasteiger partial charge in [-0.25, -0.2) is 23.2 Å². The third-order valence-electron chi connectivity index (χ3n) is 11.7. The van der Waals surface area contributed by atoms with Gasteiger partial charge in [-0.2, -0.15) is 0 Å². The summed E-state index contributed by atoms with van der Waals surface area (Å²) in [4.78, 5) is 67.5. The van der Waals surface area contributed by atoms with E-state index in [1.54, 1.807) is 32.2 Å². The van der Waals surface area contributed by atoms with Gasteiger partial charge >= 0.3 is 6.09 Å². The number of ether oxygens (including phenoxy) is 3. The summed E-state index contributed by atoms with van der Waals surface area (Å²) in [5.74, 6) is -1.57. The van der Waals surface area contributed by atoms with Crippen LogP contribution in [0.1, 0.15) is 97.8 Å². The summed E-state index contributed by atoms with van der Waals surface area (Å²) < 4.78 is 45.8. The molecule has 5 atom stereocenters. The number of anilines is 1. The Hall–Kier alpha value is -4.97. The number of amides is 4. The number of carbonyl (C=O) groups excluding carboxylic acids is 4. The van der Waals surface area contributed by atoms with Gasteiger partial charge in [-0.3, -0.25) is 19.1 Å². The third-order valence-corrected chi connectivity index (χ3v) is 13.9. The Labute approximate surface area is 361 Å². The van der Waals surface area contributed by atoms with Crippen molar-refractivity contribution in [3.05, 3.63) is 41.8 Å². The molecule has 0 spiro atoms. The number of rotatable bonds is 12. The summed E-state index contributed by atoms with van der Waals surface area (Å²) in [6.07, 6.45) is 9.40. The number of thiazole rings is 1. The Morgan fingerprint density at radius 3 is 2.57 bits per heavy atom. The minimum absolute atomic E-state index is 0.0192. The Kier molecular flexibility index (Phi) is 13.7. The summed E-state index contributed by atoms with van der Waals surface area (Å²) in [5.41, 5.74) is 0.238. The highest BCUT2D eigenvalue weighted by Crippen LogP contribution is 2.46. The maximum Gasteiger partial charge on any atom is 0.408 e. The normalized spacial score (nSPS) is 25.4. The maximum absolute atomic E-state index is 14.8. The molecule has 2 aromatic heterocycles. The minimum Gasteiger partial charge on any atom is -0.497 e. The Morgan fingerprint density at radius 2 is 1.82 bits per heavy atom. The molecule has 3 fully saturated rings. The van der Waals surface area contributed by atoms with Crippen molar-refractivity contribution in [2.24, 2.45) is 5.92 Å². The molecule has 16 nitrogen and oxygen atoms in total. The summed E-state index contributed by atoms with van der Waals surface area (Å²) in [6.45, 7) is 5.74. The first-order chi connectivity index (χ1) is 29.3. The molecule has 61 heavy (non-hydrogen) atoms. The highest BCUT2D eigenvalue weighted by Gasteiger charge is 2.61. The lowest BCUT2D eigenvalue weighted by atomic mass is 10.0. The molecule has 18 heteroatoms. The SMILES string of the molecule is CCCS(=O)(=O)NC(=O)[C@@]12C[C@H]1/C=C\CCCCC[C@H](NC(=O)OC1CCCC1)C(=O)N1C[C@H](Oc3cc(-c4csc(NC(C)C)n4)nc4cc(OC)ccc34)C[C@H]1C(=O)N2. The van der Waals surface area contributed by atoms with Crippen LogP contribution in [0.25, 0.3) is 22.3 Å². The summed E-state index contributed by atoms with van der Waals surface area (Å²) >= 11 is 1.45. The number of methoxy groups -OCH3 is 1. The first kappa shape index (κ1) is 44.1. The molecule has 0 bridgehead atoms. The number of alkyl carbamates (subject to hydrolysis) is 1. The van der Waals surface area contributed by atoms with Crippen LogP contribution in [0.2, 0.25) is 0 Å². The number of benzene rings is 1. The van der Waals surface area contributed by atoms with Crippen LogP contribution in [0, 0.1) is 5.92 Å². The van der Waals surface area contributed by atoms with Gasteiger partial charge in [0.2, 0.25) is 21.8 Å². The lowest BCUT2D eigenvalue weighted by Gasteiger charge is -2.30. The highest BCUT2D eigenvalue weighted by atomic mass is 32.2. The van der Waals surface area contributed by atoms with Crippen LogP contribution in [-0.4, -0.2) is 102 Å². The largest absolute Gasteiger partial charge is 0.497 e. The lowest BCUT2D eigenvalue weighted by Crippen LogP contribution is -2.58. The van der Waals surface area contributed by atoms with Crippen LogP contribution in [0.4, 0.5) is 9.93 Å². The predicted octanol–water partition coefficient (Wildman–Crippen LogP) is 5.82. The fraction of sp³-hybridized carbons (Fsp3) is 0.581. The maximum atomic E-state index is 14.8. The van der Waals surface area contributed by atoms with Gasteiger partial charge in [-0.15, -0.1) is 11.3 Å². The molecule has 4 aliphatic rings. The number of allylic oxidation sites excluding steroid dienone is 1. The number of hydrogen-bond acceptors (Lipinski definition) is 13. The van der Waals surface area contributed by atoms with Crippen molar-refractivity contribution in [1.29, 1.82) is 0 Å². The van der Waals surface area contributed by atoms with Crippen LogP contribution in [0.5, 0.6) is 11.5 Å². The smallest absolute Gasteiger partial charge is 0.408 e. The van der Waals surface area contributed by atoms with Crippen molar-refractivity contribution in [2.75, 3.05) is 24.7 Å². The standard InChI is InChI=1S/C43H57N7O9S2/c1-5-19-61(55,56)49-40(53)43-23-27(43)13-9-7-6-8-10-16-32(47-42(54)59-28-14-11-12-15-28)39(52)50-24-30(21-36(50)38(51)48-43)58-37-22-34(35-25-60-41(46-35)44-26(2)3)45-33-20-29(57-4)17-18-31(33)37/h9,13,17-18,20,22,25-28,30,32,36H,5-8,10-12,14-16,19,21,23-24H2,1-4H3,(H,44,46)(H,47,54)(H,48,51)(H,49,53)/b13-9-/t27-,30-,32+,36+,43-/m1/s1. The molecular weight excluding hydrogens is 823 g/mol. The molecular formula is C43H57N7O9S2. The molecule has 1 aromatic carbocycles. The fourth-order valence-corrected chi connectivity index (χ4v) is 10.4. The second-order valence-electron chi connectivity index (χ2n) is 16.8. The number of carbonyl (C=O) groups is 4. The van der Waals surface area contributed by atoms with Gasteiger partial charge in [0.15, 0.2) is 5.13 Å². The van der Waals surface area contributed by atoms with Gasteiger partial charge in [-0.05, 0) is 83.8 Å². The van der Waals surface area contributed by atoms with Gasteiger partial charge in [0.25, 0.3) is 5.91 Å². The van der Waals surface area contributed by atoms with Gasteiger partial charge in [0, 0.05) is 41.3 Å². The van der Waals surface area contributed by atoms with Crippen LogP contribution in [0.15, 0.2) is 41.8 Å². The van der Waals surface area contributed by atoms with Crippen molar-refractivity contribution in [1.82, 2.24) is 30.2 Å². The van der Waals surface area contributed by atoms with E-state index >= 15 is 0 Å². The molecule has 1 saturated heterocycles. The zero-order valence-electron chi connectivity index (χ0n) is 35.2. The molecule has 4 heterocycles. The molecule has 2 aliphatic heterocycles. The monoisotopic (exact) mass is 879 g/mol. The van der Waals surface area contributed by atoms with E-state index < -0.39 is 63.5 Å². The fourth-order valence-electron chi connectivity index (χ4n) is 8.47.